The van der Waals surface area contributed by atoms with E-state index in [-0.39, 0.29) is 0 Å². The van der Waals surface area contributed by atoms with Gasteiger partial charge in [0.05, 0.1) is 13.2 Å². The van der Waals surface area contributed by atoms with Crippen molar-refractivity contribution in [2.45, 2.75) is 25.4 Å². The molecule has 128 valence electrons. The monoisotopic (exact) mass is 317 g/mol. The van der Waals surface area contributed by atoms with Crippen LogP contribution in [0.4, 0.5) is 0 Å². The fourth-order valence-electron chi connectivity index (χ4n) is 3.23. The Kier molecular flexibility index (Phi) is 6.46. The van der Waals surface area contributed by atoms with Crippen molar-refractivity contribution in [2.24, 2.45) is 5.92 Å². The van der Waals surface area contributed by atoms with Crippen LogP contribution in [0.2, 0.25) is 0 Å². The van der Waals surface area contributed by atoms with Crippen molar-refractivity contribution in [2.75, 3.05) is 53.0 Å². The minimum atomic E-state index is 0.510. The summed E-state index contributed by atoms with van der Waals surface area (Å²) in [5, 5.41) is 3.63. The number of nitrogens with zero attached hydrogens (tertiary/aromatic N) is 2. The van der Waals surface area contributed by atoms with E-state index in [9.17, 15) is 0 Å². The highest BCUT2D eigenvalue weighted by Gasteiger charge is 2.26. The third-order valence-electron chi connectivity index (χ3n) is 4.96. The summed E-state index contributed by atoms with van der Waals surface area (Å²) < 4.78 is 5.99. The lowest BCUT2D eigenvalue weighted by Gasteiger charge is -2.31. The van der Waals surface area contributed by atoms with Gasteiger partial charge in [-0.05, 0) is 31.4 Å². The Morgan fingerprint density at radius 2 is 2.04 bits per heavy atom. The van der Waals surface area contributed by atoms with Crippen molar-refractivity contribution in [3.63, 3.8) is 0 Å². The number of hydrogen-bond donors (Lipinski definition) is 1. The highest BCUT2D eigenvalue weighted by atomic mass is 16.5. The van der Waals surface area contributed by atoms with E-state index in [0.29, 0.717) is 6.04 Å². The minimum absolute atomic E-state index is 0.510. The van der Waals surface area contributed by atoms with Gasteiger partial charge in [-0.1, -0.05) is 30.3 Å². The summed E-state index contributed by atoms with van der Waals surface area (Å²) >= 11 is 0. The van der Waals surface area contributed by atoms with Crippen LogP contribution in [0.3, 0.4) is 0 Å². The fourth-order valence-corrected chi connectivity index (χ4v) is 3.23. The summed E-state index contributed by atoms with van der Waals surface area (Å²) in [6.45, 7) is 8.10. The molecule has 23 heavy (non-hydrogen) atoms. The van der Waals surface area contributed by atoms with Crippen molar-refractivity contribution in [1.29, 1.82) is 0 Å². The lowest BCUT2D eigenvalue weighted by atomic mass is 10.2. The molecule has 1 atom stereocenters. The molecule has 1 saturated carbocycles. The maximum absolute atomic E-state index is 5.99. The lowest BCUT2D eigenvalue weighted by Crippen LogP contribution is -2.47. The van der Waals surface area contributed by atoms with Gasteiger partial charge in [0.1, 0.15) is 0 Å². The first-order valence-corrected chi connectivity index (χ1v) is 9.06. The fraction of sp³-hybridized carbons (Fsp3) is 0.684. The largest absolute Gasteiger partial charge is 0.378 e. The number of benzene rings is 1. The zero-order valence-electron chi connectivity index (χ0n) is 14.4. The molecule has 0 spiro atoms. The normalized spacial score (nSPS) is 24.7. The molecule has 1 N–H and O–H groups in total. The van der Waals surface area contributed by atoms with Crippen molar-refractivity contribution in [3.8, 4) is 0 Å². The molecule has 0 bridgehead atoms. The number of nitrogens with one attached hydrogen (secondary N) is 1. The van der Waals surface area contributed by atoms with Gasteiger partial charge in [-0.2, -0.15) is 0 Å². The van der Waals surface area contributed by atoms with Crippen LogP contribution < -0.4 is 5.32 Å². The molecule has 1 aliphatic carbocycles. The second-order valence-corrected chi connectivity index (χ2v) is 7.08. The molecule has 1 aromatic carbocycles. The molecule has 0 radical (unpaired) electrons. The number of hydrogen-bond acceptors (Lipinski definition) is 4. The van der Waals surface area contributed by atoms with Gasteiger partial charge in [-0.25, -0.2) is 0 Å². The molecule has 4 heteroatoms. The molecule has 0 amide bonds. The number of likely N-dealkylation sites (N-methyl/N-ethyl adjacent to an activating group) is 1. The average Bonchev–Trinajstić information content (AvgIpc) is 3.38. The zero-order valence-corrected chi connectivity index (χ0v) is 14.4. The van der Waals surface area contributed by atoms with Crippen molar-refractivity contribution in [3.05, 3.63) is 35.9 Å². The zero-order chi connectivity index (χ0) is 15.9. The first-order chi connectivity index (χ1) is 11.3. The van der Waals surface area contributed by atoms with Crippen molar-refractivity contribution >= 4 is 0 Å². The molecular formula is C19H31N3O. The van der Waals surface area contributed by atoms with E-state index in [2.05, 4.69) is 52.5 Å². The van der Waals surface area contributed by atoms with Gasteiger partial charge in [0.15, 0.2) is 0 Å². The minimum Gasteiger partial charge on any atom is -0.378 e. The van der Waals surface area contributed by atoms with Crippen LogP contribution in [0, 0.1) is 5.92 Å². The van der Waals surface area contributed by atoms with E-state index in [1.807, 2.05) is 0 Å². The van der Waals surface area contributed by atoms with Crippen LogP contribution >= 0.6 is 0 Å². The first-order valence-electron chi connectivity index (χ1n) is 9.06. The van der Waals surface area contributed by atoms with Gasteiger partial charge in [0.25, 0.3) is 0 Å². The van der Waals surface area contributed by atoms with E-state index in [1.165, 1.54) is 24.9 Å². The van der Waals surface area contributed by atoms with E-state index < -0.39 is 0 Å². The summed E-state index contributed by atoms with van der Waals surface area (Å²) in [6.07, 6.45) is 2.83. The maximum Gasteiger partial charge on any atom is 0.0634 e. The van der Waals surface area contributed by atoms with Crippen molar-refractivity contribution < 1.29 is 4.74 Å². The van der Waals surface area contributed by atoms with Crippen LogP contribution in [0.1, 0.15) is 18.4 Å². The highest BCUT2D eigenvalue weighted by Crippen LogP contribution is 2.29. The summed E-state index contributed by atoms with van der Waals surface area (Å²) in [4.78, 5) is 4.98. The molecular weight excluding hydrogens is 286 g/mol. The van der Waals surface area contributed by atoms with Crippen LogP contribution in [0.25, 0.3) is 0 Å². The van der Waals surface area contributed by atoms with Gasteiger partial charge in [-0.3, -0.25) is 9.80 Å². The van der Waals surface area contributed by atoms with Crippen LogP contribution in [-0.2, 0) is 11.3 Å². The van der Waals surface area contributed by atoms with Gasteiger partial charge < -0.3 is 10.1 Å². The van der Waals surface area contributed by atoms with Gasteiger partial charge in [0, 0.05) is 45.3 Å². The number of ether oxygens (including phenoxy) is 1. The Bertz CT molecular complexity index is 437. The van der Waals surface area contributed by atoms with Gasteiger partial charge in [0.2, 0.25) is 0 Å². The molecule has 1 aliphatic heterocycles. The third kappa shape index (κ3) is 5.88. The molecule has 1 aromatic rings. The Labute approximate surface area is 140 Å². The summed E-state index contributed by atoms with van der Waals surface area (Å²) in [5.74, 6) is 0.941. The Balaban J connectivity index is 1.44. The summed E-state index contributed by atoms with van der Waals surface area (Å²) in [5.41, 5.74) is 1.38. The van der Waals surface area contributed by atoms with E-state index >= 15 is 0 Å². The second-order valence-electron chi connectivity index (χ2n) is 7.08. The summed E-state index contributed by atoms with van der Waals surface area (Å²) in [7, 11) is 2.25. The molecule has 1 heterocycles. The third-order valence-corrected chi connectivity index (χ3v) is 4.96. The molecule has 3 rings (SSSR count). The molecule has 2 fully saturated rings. The maximum atomic E-state index is 5.99. The SMILES string of the molecule is CN(CC1CC1)C1CNCCN(Cc2ccccc2)CCOC1. The van der Waals surface area contributed by atoms with E-state index in [4.69, 9.17) is 4.74 Å². The van der Waals surface area contributed by atoms with Gasteiger partial charge in [-0.15, -0.1) is 0 Å². The second kappa shape index (κ2) is 8.78. The number of rotatable bonds is 5. The standard InChI is InChI=1S/C19H31N3O/c1-21(14-18-7-8-18)19-13-20-9-10-22(11-12-23-16-19)15-17-5-3-2-4-6-17/h2-6,18-20H,7-16H2,1H3. The smallest absolute Gasteiger partial charge is 0.0634 e. The average molecular weight is 317 g/mol. The predicted octanol–water partition coefficient (Wildman–Crippen LogP) is 1.82. The quantitative estimate of drug-likeness (QED) is 0.896. The highest BCUT2D eigenvalue weighted by molar-refractivity contribution is 5.14. The van der Waals surface area contributed by atoms with Crippen molar-refractivity contribution in [1.82, 2.24) is 15.1 Å². The summed E-state index contributed by atoms with van der Waals surface area (Å²) in [6, 6.07) is 11.2. The molecule has 1 unspecified atom stereocenters. The first kappa shape index (κ1) is 16.9. The Morgan fingerprint density at radius 1 is 1.22 bits per heavy atom. The van der Waals surface area contributed by atoms with E-state index in [0.717, 1.165) is 51.9 Å². The van der Waals surface area contributed by atoms with Gasteiger partial charge >= 0.3 is 0 Å². The lowest BCUT2D eigenvalue weighted by molar-refractivity contribution is 0.0468. The predicted molar refractivity (Wildman–Crippen MR) is 94.5 cm³/mol. The van der Waals surface area contributed by atoms with E-state index in [1.54, 1.807) is 0 Å². The van der Waals surface area contributed by atoms with Crippen LogP contribution in [-0.4, -0.2) is 68.8 Å². The Hall–Kier alpha value is -0.940. The molecule has 4 nitrogen and oxygen atoms in total. The Morgan fingerprint density at radius 3 is 2.83 bits per heavy atom. The molecule has 0 aromatic heterocycles. The topological polar surface area (TPSA) is 27.7 Å². The van der Waals surface area contributed by atoms with Crippen LogP contribution in [0.15, 0.2) is 30.3 Å². The molecule has 1 saturated heterocycles. The molecule has 2 aliphatic rings. The van der Waals surface area contributed by atoms with Crippen LogP contribution in [0.5, 0.6) is 0 Å².